The molecule has 2 bridgehead atoms. The molecule has 6 rings (SSSR count). The molecule has 0 aromatic carbocycles. The molecule has 10 atom stereocenters. The zero-order valence-corrected chi connectivity index (χ0v) is 22.2. The smallest absolute Gasteiger partial charge is 0.132 e. The van der Waals surface area contributed by atoms with Crippen molar-refractivity contribution in [3.05, 3.63) is 17.8 Å². The zero-order chi connectivity index (χ0) is 23.6. The van der Waals surface area contributed by atoms with Crippen LogP contribution >= 0.6 is 0 Å². The molecule has 3 nitrogen and oxygen atoms in total. The fourth-order valence-corrected chi connectivity index (χ4v) is 11.1. The average Bonchev–Trinajstić information content (AvgIpc) is 3.23. The maximum Gasteiger partial charge on any atom is 0.132 e. The summed E-state index contributed by atoms with van der Waals surface area (Å²) in [6, 6.07) is 0. The summed E-state index contributed by atoms with van der Waals surface area (Å²) < 4.78 is 12.8. The van der Waals surface area contributed by atoms with Crippen molar-refractivity contribution in [2.45, 2.75) is 118 Å². The first-order valence-electron chi connectivity index (χ1n) is 13.9. The molecule has 6 aliphatic rings. The summed E-state index contributed by atoms with van der Waals surface area (Å²) in [6.07, 6.45) is 13.8. The molecule has 3 heteroatoms. The highest BCUT2D eigenvalue weighted by Gasteiger charge is 2.76. The van der Waals surface area contributed by atoms with Crippen LogP contribution < -0.4 is 0 Å². The number of epoxide rings is 1. The van der Waals surface area contributed by atoms with Crippen molar-refractivity contribution in [2.24, 2.45) is 45.3 Å². The van der Waals surface area contributed by atoms with Crippen LogP contribution in [0.4, 0.5) is 0 Å². The number of hydrogen-bond acceptors (Lipinski definition) is 3. The van der Waals surface area contributed by atoms with Crippen LogP contribution in [0, 0.1) is 51.4 Å². The van der Waals surface area contributed by atoms with Gasteiger partial charge >= 0.3 is 0 Å². The summed E-state index contributed by atoms with van der Waals surface area (Å²) in [6.45, 7) is 17.6. The van der Waals surface area contributed by atoms with E-state index in [1.165, 1.54) is 50.2 Å². The molecule has 2 heterocycles. The van der Waals surface area contributed by atoms with Crippen LogP contribution in [0.3, 0.4) is 0 Å². The summed E-state index contributed by atoms with van der Waals surface area (Å²) in [5.41, 5.74) is 1.83. The first-order chi connectivity index (χ1) is 15.4. The Balaban J connectivity index is 1.32. The van der Waals surface area contributed by atoms with Crippen LogP contribution in [0.2, 0.25) is 0 Å². The molecule has 1 N–H and O–H groups in total. The second-order valence-corrected chi connectivity index (χ2v) is 14.6. The molecule has 4 saturated carbocycles. The average molecular weight is 456 g/mol. The molecule has 4 aliphatic carbocycles. The van der Waals surface area contributed by atoms with Crippen LogP contribution in [0.1, 0.15) is 99.8 Å². The highest BCUT2D eigenvalue weighted by molar-refractivity contribution is 5.28. The van der Waals surface area contributed by atoms with E-state index in [4.69, 9.17) is 9.47 Å². The van der Waals surface area contributed by atoms with Gasteiger partial charge in [0.15, 0.2) is 0 Å². The Hall–Kier alpha value is -0.380. The third-order valence-electron chi connectivity index (χ3n) is 12.4. The molecule has 0 amide bonds. The van der Waals surface area contributed by atoms with Gasteiger partial charge in [-0.1, -0.05) is 39.3 Å². The molecular weight excluding hydrogens is 408 g/mol. The molecular formula is C30H47O3. The second kappa shape index (κ2) is 6.88. The van der Waals surface area contributed by atoms with Crippen LogP contribution in [0.25, 0.3) is 0 Å². The monoisotopic (exact) mass is 455 g/mol. The summed E-state index contributed by atoms with van der Waals surface area (Å²) in [5.74, 6) is 2.36. The van der Waals surface area contributed by atoms with E-state index >= 15 is 0 Å². The van der Waals surface area contributed by atoms with Crippen LogP contribution in [0.5, 0.6) is 0 Å². The summed E-state index contributed by atoms with van der Waals surface area (Å²) >= 11 is 0. The zero-order valence-electron chi connectivity index (χ0n) is 22.2. The molecule has 0 aromatic heterocycles. The predicted octanol–water partition coefficient (Wildman–Crippen LogP) is 6.70. The van der Waals surface area contributed by atoms with Gasteiger partial charge in [0, 0.05) is 16.7 Å². The molecule has 1 radical (unpaired) electrons. The molecule has 2 saturated heterocycles. The number of aliphatic hydroxyl groups is 1. The number of fused-ring (bicyclic) bond motifs is 5. The van der Waals surface area contributed by atoms with Crippen molar-refractivity contribution >= 4 is 0 Å². The van der Waals surface area contributed by atoms with Gasteiger partial charge in [-0.2, -0.15) is 0 Å². The van der Waals surface area contributed by atoms with E-state index in [0.717, 1.165) is 31.3 Å². The van der Waals surface area contributed by atoms with Gasteiger partial charge in [0.25, 0.3) is 0 Å². The minimum Gasteiger partial charge on any atom is -0.390 e. The SMILES string of the molecule is CC(C)=CCC[C@](C)(O)[C@H]1C2C[C@@]3(CO2)[C@@H]1CC[C@@H]1[C@@]2(C)CC4O[C]4C(C)(C)C2CC[C@]13C. The van der Waals surface area contributed by atoms with E-state index < -0.39 is 5.60 Å². The van der Waals surface area contributed by atoms with E-state index in [1.807, 2.05) is 0 Å². The second-order valence-electron chi connectivity index (χ2n) is 14.6. The Morgan fingerprint density at radius 2 is 1.85 bits per heavy atom. The van der Waals surface area contributed by atoms with E-state index in [9.17, 15) is 5.11 Å². The molecule has 3 unspecified atom stereocenters. The van der Waals surface area contributed by atoms with Gasteiger partial charge in [0.2, 0.25) is 0 Å². The minimum absolute atomic E-state index is 0.217. The standard InChI is InChI=1S/C30H47O3/c1-18(2)9-8-13-29(7,31)24-19-10-11-23-27(5)15-21-25(33-21)26(3,4)22(27)12-14-28(23,6)30(19)16-20(24)32-17-30/h9,19-24,31H,8,10-17H2,1-7H3/t19-,20?,21?,22?,23-,24-,27+,28-,29+,30-/m1/s1. The largest absolute Gasteiger partial charge is 0.390 e. The van der Waals surface area contributed by atoms with Gasteiger partial charge in [-0.3, -0.25) is 0 Å². The van der Waals surface area contributed by atoms with Crippen molar-refractivity contribution in [3.63, 3.8) is 0 Å². The van der Waals surface area contributed by atoms with Crippen molar-refractivity contribution in [3.8, 4) is 0 Å². The molecule has 1 spiro atoms. The third-order valence-corrected chi connectivity index (χ3v) is 12.4. The Morgan fingerprint density at radius 3 is 2.58 bits per heavy atom. The molecule has 6 fully saturated rings. The quantitative estimate of drug-likeness (QED) is 0.379. The van der Waals surface area contributed by atoms with Gasteiger partial charge < -0.3 is 14.6 Å². The van der Waals surface area contributed by atoms with E-state index in [1.54, 1.807) is 0 Å². The van der Waals surface area contributed by atoms with E-state index in [0.29, 0.717) is 22.9 Å². The maximum absolute atomic E-state index is 11.8. The van der Waals surface area contributed by atoms with Crippen molar-refractivity contribution in [1.82, 2.24) is 0 Å². The topological polar surface area (TPSA) is 42.0 Å². The lowest BCUT2D eigenvalue weighted by molar-refractivity contribution is -0.229. The summed E-state index contributed by atoms with van der Waals surface area (Å²) in [7, 11) is 0. The number of ether oxygens (including phenoxy) is 2. The van der Waals surface area contributed by atoms with Crippen LogP contribution in [0.15, 0.2) is 11.6 Å². The van der Waals surface area contributed by atoms with Crippen molar-refractivity contribution < 1.29 is 14.6 Å². The van der Waals surface area contributed by atoms with Gasteiger partial charge in [-0.05, 0) is 101 Å². The Bertz CT molecular complexity index is 855. The molecule has 33 heavy (non-hydrogen) atoms. The Kier molecular flexibility index (Phi) is 4.81. The Morgan fingerprint density at radius 1 is 1.09 bits per heavy atom. The molecule has 2 aliphatic heterocycles. The van der Waals surface area contributed by atoms with Crippen LogP contribution in [-0.2, 0) is 9.47 Å². The highest BCUT2D eigenvalue weighted by atomic mass is 16.6. The first kappa shape index (κ1) is 23.0. The number of rotatable bonds is 4. The van der Waals surface area contributed by atoms with E-state index in [-0.39, 0.29) is 22.9 Å². The minimum atomic E-state index is -0.647. The number of allylic oxidation sites excluding steroid dienone is 2. The van der Waals surface area contributed by atoms with Crippen molar-refractivity contribution in [1.29, 1.82) is 0 Å². The lowest BCUT2D eigenvalue weighted by atomic mass is 9.35. The fraction of sp³-hybridized carbons (Fsp3) is 0.900. The highest BCUT2D eigenvalue weighted by Crippen LogP contribution is 2.79. The molecule has 185 valence electrons. The van der Waals surface area contributed by atoms with Crippen LogP contribution in [-0.4, -0.2) is 29.5 Å². The third kappa shape index (κ3) is 2.85. The van der Waals surface area contributed by atoms with Gasteiger partial charge in [0.1, 0.15) is 6.10 Å². The summed E-state index contributed by atoms with van der Waals surface area (Å²) in [5, 5.41) is 11.8. The molecule has 0 aromatic rings. The van der Waals surface area contributed by atoms with Crippen molar-refractivity contribution in [2.75, 3.05) is 6.61 Å². The summed E-state index contributed by atoms with van der Waals surface area (Å²) in [4.78, 5) is 0. The lowest BCUT2D eigenvalue weighted by Gasteiger charge is -2.69. The first-order valence-corrected chi connectivity index (χ1v) is 13.9. The van der Waals surface area contributed by atoms with Gasteiger partial charge in [-0.15, -0.1) is 0 Å². The van der Waals surface area contributed by atoms with Gasteiger partial charge in [-0.25, -0.2) is 0 Å². The lowest BCUT2D eigenvalue weighted by Crippen LogP contribution is -2.65. The number of hydrogen-bond donors (Lipinski definition) is 1. The fourth-order valence-electron chi connectivity index (χ4n) is 11.1. The van der Waals surface area contributed by atoms with E-state index in [2.05, 4.69) is 54.5 Å². The predicted molar refractivity (Wildman–Crippen MR) is 131 cm³/mol. The normalized spacial score (nSPS) is 53.3. The Labute approximate surface area is 202 Å². The maximum atomic E-state index is 11.8. The van der Waals surface area contributed by atoms with Gasteiger partial charge in [0.05, 0.1) is 24.4 Å².